The maximum atomic E-state index is 11.5. The molecule has 43 heavy (non-hydrogen) atoms. The molecule has 1 saturated heterocycles. The monoisotopic (exact) mass is 633 g/mol. The molecule has 7 nitrogen and oxygen atoms in total. The van der Waals surface area contributed by atoms with E-state index in [-0.39, 0.29) is 28.6 Å². The van der Waals surface area contributed by atoms with Gasteiger partial charge < -0.3 is 25.2 Å². The molecule has 1 fully saturated rings. The van der Waals surface area contributed by atoms with Crippen LogP contribution in [0.1, 0.15) is 94.9 Å². The fourth-order valence-corrected chi connectivity index (χ4v) is 8.84. The van der Waals surface area contributed by atoms with Crippen LogP contribution in [0.3, 0.4) is 0 Å². The summed E-state index contributed by atoms with van der Waals surface area (Å²) >= 11 is 3.68. The minimum atomic E-state index is -0.802. The van der Waals surface area contributed by atoms with E-state index in [4.69, 9.17) is 4.74 Å². The van der Waals surface area contributed by atoms with Crippen LogP contribution in [0.25, 0.3) is 0 Å². The number of rotatable bonds is 14. The van der Waals surface area contributed by atoms with Crippen LogP contribution >= 0.6 is 23.5 Å². The number of likely N-dealkylation sites (tertiary alicyclic amines) is 1. The van der Waals surface area contributed by atoms with Gasteiger partial charge in [-0.25, -0.2) is 0 Å². The van der Waals surface area contributed by atoms with Gasteiger partial charge in [-0.05, 0) is 85.4 Å². The van der Waals surface area contributed by atoms with Crippen molar-refractivity contribution in [1.82, 2.24) is 4.90 Å². The summed E-state index contributed by atoms with van der Waals surface area (Å²) in [6.07, 6.45) is 3.24. The van der Waals surface area contributed by atoms with Gasteiger partial charge in [-0.15, -0.1) is 23.5 Å². The minimum Gasteiger partial charge on any atom is -0.507 e. The molecular formula is C34H51NO6S2. The van der Waals surface area contributed by atoms with Gasteiger partial charge in [0.15, 0.2) is 0 Å². The topological polar surface area (TPSA) is 110 Å². The number of thioether (sulfide) groups is 2. The number of piperidine rings is 1. The lowest BCUT2D eigenvalue weighted by atomic mass is 9.85. The van der Waals surface area contributed by atoms with E-state index in [0.717, 1.165) is 63.5 Å². The first-order valence-corrected chi connectivity index (χ1v) is 17.0. The normalized spacial score (nSPS) is 17.0. The van der Waals surface area contributed by atoms with Crippen LogP contribution in [0.4, 0.5) is 0 Å². The van der Waals surface area contributed by atoms with E-state index in [2.05, 4.69) is 65.8 Å². The summed E-state index contributed by atoms with van der Waals surface area (Å²) in [7, 11) is 0. The van der Waals surface area contributed by atoms with Crippen molar-refractivity contribution in [2.75, 3.05) is 32.8 Å². The first-order chi connectivity index (χ1) is 20.2. The third-order valence-electron chi connectivity index (χ3n) is 8.10. The summed E-state index contributed by atoms with van der Waals surface area (Å²) in [6.45, 7) is 16.3. The summed E-state index contributed by atoms with van der Waals surface area (Å²) in [5.74, 6) is 0.664. The molecule has 0 spiro atoms. The molecule has 0 amide bonds. The van der Waals surface area contributed by atoms with Crippen LogP contribution in [0, 0.1) is 13.8 Å². The smallest absolute Gasteiger partial charge is 0.317 e. The number of phenols is 1. The minimum absolute atomic E-state index is 0.0483. The predicted molar refractivity (Wildman–Crippen MR) is 177 cm³/mol. The van der Waals surface area contributed by atoms with Crippen LogP contribution in [0.5, 0.6) is 11.5 Å². The lowest BCUT2D eigenvalue weighted by molar-refractivity contribution is -0.138. The largest absolute Gasteiger partial charge is 0.507 e. The Morgan fingerprint density at radius 3 is 2.21 bits per heavy atom. The van der Waals surface area contributed by atoms with E-state index in [1.807, 2.05) is 35.3 Å². The van der Waals surface area contributed by atoms with Crippen molar-refractivity contribution < 1.29 is 30.0 Å². The van der Waals surface area contributed by atoms with Gasteiger partial charge in [-0.1, -0.05) is 41.0 Å². The Balaban J connectivity index is 1.99. The summed E-state index contributed by atoms with van der Waals surface area (Å²) in [5.41, 5.74) is 3.80. The molecule has 2 aromatic carbocycles. The van der Waals surface area contributed by atoms with Crippen LogP contribution in [-0.4, -0.2) is 74.3 Å². The van der Waals surface area contributed by atoms with Crippen LogP contribution < -0.4 is 4.74 Å². The molecule has 2 aromatic rings. The first kappa shape index (κ1) is 35.6. The predicted octanol–water partition coefficient (Wildman–Crippen LogP) is 7.09. The molecule has 0 aliphatic carbocycles. The van der Waals surface area contributed by atoms with Gasteiger partial charge in [-0.3, -0.25) is 9.69 Å². The fourth-order valence-electron chi connectivity index (χ4n) is 5.63. The average Bonchev–Trinajstić information content (AvgIpc) is 2.92. The molecule has 2 atom stereocenters. The maximum absolute atomic E-state index is 11.5. The molecule has 4 N–H and O–H groups in total. The summed E-state index contributed by atoms with van der Waals surface area (Å²) in [5, 5.41) is 39.3. The number of benzene rings is 2. The molecule has 1 aliphatic heterocycles. The second kappa shape index (κ2) is 15.4. The number of aromatic hydroxyl groups is 1. The van der Waals surface area contributed by atoms with Gasteiger partial charge in [0.1, 0.15) is 11.5 Å². The van der Waals surface area contributed by atoms with Gasteiger partial charge in [-0.2, -0.15) is 0 Å². The van der Waals surface area contributed by atoms with E-state index in [9.17, 15) is 25.2 Å². The highest BCUT2D eigenvalue weighted by atomic mass is 32.2. The molecule has 240 valence electrons. The number of aliphatic carboxylic acids is 1. The van der Waals surface area contributed by atoms with E-state index < -0.39 is 12.1 Å². The van der Waals surface area contributed by atoms with Crippen molar-refractivity contribution in [3.63, 3.8) is 0 Å². The first-order valence-electron chi connectivity index (χ1n) is 15.4. The Morgan fingerprint density at radius 1 is 1.05 bits per heavy atom. The van der Waals surface area contributed by atoms with E-state index in [1.165, 1.54) is 0 Å². The number of carboxylic acid groups (broad SMARTS) is 1. The van der Waals surface area contributed by atoms with Crippen molar-refractivity contribution >= 4 is 29.5 Å². The highest BCUT2D eigenvalue weighted by Gasteiger charge is 2.38. The molecule has 1 unspecified atom stereocenters. The van der Waals surface area contributed by atoms with Crippen LogP contribution in [0.2, 0.25) is 0 Å². The van der Waals surface area contributed by atoms with E-state index >= 15 is 0 Å². The number of nitrogens with zero attached hydrogens (tertiary/aromatic N) is 1. The zero-order valence-electron chi connectivity index (χ0n) is 26.9. The maximum Gasteiger partial charge on any atom is 0.317 e. The number of carbonyl (C=O) groups is 1. The SMILES string of the molecule is CCCC(C)c1cc(SC2(Sc3cc(C)c(OCC[C@H](O)CO)c(C(C)(C)C)c3)CCN(CC(=O)O)CC2)cc(C)c1O. The molecule has 0 radical (unpaired) electrons. The van der Waals surface area contributed by atoms with Gasteiger partial charge in [0.25, 0.3) is 0 Å². The molecule has 0 aromatic heterocycles. The molecule has 1 aliphatic rings. The summed E-state index contributed by atoms with van der Waals surface area (Å²) in [6, 6.07) is 8.62. The third-order valence-corrected chi connectivity index (χ3v) is 11.1. The van der Waals surface area contributed by atoms with Gasteiger partial charge in [0.05, 0.1) is 29.9 Å². The summed E-state index contributed by atoms with van der Waals surface area (Å²) in [4.78, 5) is 15.7. The number of phenolic OH excluding ortho intramolecular Hbond substituents is 1. The number of hydrogen-bond acceptors (Lipinski definition) is 8. The Hall–Kier alpha value is -1.91. The standard InChI is InChI=1S/C34H51NO6S2/c1-8-9-22(2)28-18-26(16-23(3)31(28)40)42-34(11-13-35(14-12-34)20-30(38)39)43-27-17-24(4)32(29(19-27)33(5,6)7)41-15-10-25(37)21-36/h16-19,22,25,36-37,40H,8-15,20-21H2,1-7H3,(H,38,39)/t22?,25-/m0/s1. The second-order valence-corrected chi connectivity index (χ2v) is 16.2. The molecule has 0 bridgehead atoms. The fraction of sp³-hybridized carbons (Fsp3) is 0.618. The number of aliphatic hydroxyl groups excluding tert-OH is 2. The molecule has 0 saturated carbocycles. The van der Waals surface area contributed by atoms with Crippen molar-refractivity contribution in [3.05, 3.63) is 46.5 Å². The zero-order valence-corrected chi connectivity index (χ0v) is 28.5. The lowest BCUT2D eigenvalue weighted by Crippen LogP contribution is -2.42. The van der Waals surface area contributed by atoms with Gasteiger partial charge in [0, 0.05) is 34.9 Å². The lowest BCUT2D eigenvalue weighted by Gasteiger charge is -2.41. The van der Waals surface area contributed by atoms with Crippen molar-refractivity contribution in [1.29, 1.82) is 0 Å². The molecular weight excluding hydrogens is 583 g/mol. The van der Waals surface area contributed by atoms with Crippen LogP contribution in [0.15, 0.2) is 34.1 Å². The second-order valence-electron chi connectivity index (χ2n) is 13.0. The Kier molecular flexibility index (Phi) is 12.7. The van der Waals surface area contributed by atoms with Gasteiger partial charge in [0.2, 0.25) is 0 Å². The van der Waals surface area contributed by atoms with Gasteiger partial charge >= 0.3 is 5.97 Å². The van der Waals surface area contributed by atoms with Crippen molar-refractivity contribution in [3.8, 4) is 11.5 Å². The molecule has 1 heterocycles. The Labute approximate surface area is 266 Å². The van der Waals surface area contributed by atoms with E-state index in [1.54, 1.807) is 0 Å². The quantitative estimate of drug-likeness (QED) is 0.162. The number of carboxylic acids is 1. The number of hydrogen-bond donors (Lipinski definition) is 4. The molecule has 3 rings (SSSR count). The van der Waals surface area contributed by atoms with Crippen molar-refractivity contribution in [2.45, 2.75) is 112 Å². The zero-order chi connectivity index (χ0) is 31.9. The number of ether oxygens (including phenoxy) is 1. The van der Waals surface area contributed by atoms with Crippen molar-refractivity contribution in [2.24, 2.45) is 0 Å². The summed E-state index contributed by atoms with van der Waals surface area (Å²) < 4.78 is 5.97. The average molecular weight is 634 g/mol. The highest BCUT2D eigenvalue weighted by molar-refractivity contribution is 8.18. The molecule has 9 heteroatoms. The Bertz CT molecular complexity index is 1240. The third kappa shape index (κ3) is 9.79. The van der Waals surface area contributed by atoms with Crippen LogP contribution in [-0.2, 0) is 10.2 Å². The number of aliphatic hydroxyl groups is 2. The van der Waals surface area contributed by atoms with E-state index in [0.29, 0.717) is 31.9 Å². The Morgan fingerprint density at radius 2 is 1.65 bits per heavy atom. The number of aryl methyl sites for hydroxylation is 2. The highest BCUT2D eigenvalue weighted by Crippen LogP contribution is 2.54.